The van der Waals surface area contributed by atoms with Gasteiger partial charge < -0.3 is 18.9 Å². The average Bonchev–Trinajstić information content (AvgIpc) is 3.55. The maximum absolute atomic E-state index is 12.6. The molecule has 0 spiro atoms. The second-order valence-electron chi connectivity index (χ2n) is 8.68. The Morgan fingerprint density at radius 3 is 1.50 bits per heavy atom. The number of epoxide rings is 2. The first-order chi connectivity index (χ1) is 12.7. The highest BCUT2D eigenvalue weighted by Crippen LogP contribution is 2.41. The van der Waals surface area contributed by atoms with E-state index in [4.69, 9.17) is 18.9 Å². The van der Waals surface area contributed by atoms with E-state index in [0.717, 1.165) is 64.2 Å². The topological polar surface area (TPSA) is 77.7 Å². The van der Waals surface area contributed by atoms with Gasteiger partial charge in [0.25, 0.3) is 0 Å². The lowest BCUT2D eigenvalue weighted by atomic mass is 9.88. The second-order valence-corrected chi connectivity index (χ2v) is 8.68. The zero-order valence-electron chi connectivity index (χ0n) is 15.1. The third-order valence-electron chi connectivity index (χ3n) is 6.85. The molecule has 6 nitrogen and oxygen atoms in total. The Labute approximate surface area is 153 Å². The fraction of sp³-hybridized carbons (Fsp3) is 0.900. The van der Waals surface area contributed by atoms with Crippen molar-refractivity contribution in [3.8, 4) is 0 Å². The minimum absolute atomic E-state index is 0.0562. The van der Waals surface area contributed by atoms with Gasteiger partial charge in [0.15, 0.2) is 0 Å². The average molecular weight is 364 g/mol. The van der Waals surface area contributed by atoms with E-state index in [9.17, 15) is 9.59 Å². The normalized spacial score (nSPS) is 46.5. The third kappa shape index (κ3) is 3.50. The van der Waals surface area contributed by atoms with E-state index in [-0.39, 0.29) is 48.2 Å². The van der Waals surface area contributed by atoms with Gasteiger partial charge in [-0.25, -0.2) is 0 Å². The summed E-state index contributed by atoms with van der Waals surface area (Å²) in [7, 11) is 0. The Hall–Kier alpha value is -1.14. The number of fused-ring (bicyclic) bond motifs is 2. The highest BCUT2D eigenvalue weighted by atomic mass is 16.6. The maximum atomic E-state index is 12.6. The van der Waals surface area contributed by atoms with Crippen molar-refractivity contribution in [1.82, 2.24) is 0 Å². The van der Waals surface area contributed by atoms with Gasteiger partial charge in [0.05, 0.1) is 36.3 Å². The van der Waals surface area contributed by atoms with E-state index < -0.39 is 0 Å². The molecule has 2 heterocycles. The molecule has 0 aromatic rings. The monoisotopic (exact) mass is 364 g/mol. The lowest BCUT2D eigenvalue weighted by Gasteiger charge is -2.33. The maximum Gasteiger partial charge on any atom is 0.309 e. The number of esters is 2. The van der Waals surface area contributed by atoms with Gasteiger partial charge in [-0.3, -0.25) is 9.59 Å². The van der Waals surface area contributed by atoms with Crippen molar-refractivity contribution in [2.45, 2.75) is 101 Å². The number of carbonyl (C=O) groups excluding carboxylic acids is 2. The number of hydrogen-bond donors (Lipinski definition) is 0. The van der Waals surface area contributed by atoms with Crippen LogP contribution in [0.5, 0.6) is 0 Å². The Morgan fingerprint density at radius 1 is 0.615 bits per heavy atom. The third-order valence-corrected chi connectivity index (χ3v) is 6.85. The summed E-state index contributed by atoms with van der Waals surface area (Å²) in [5, 5.41) is 0. The first-order valence-electron chi connectivity index (χ1n) is 10.4. The molecule has 144 valence electrons. The number of hydrogen-bond acceptors (Lipinski definition) is 6. The fourth-order valence-corrected chi connectivity index (χ4v) is 5.06. The van der Waals surface area contributed by atoms with E-state index in [2.05, 4.69) is 0 Å². The molecule has 5 fully saturated rings. The summed E-state index contributed by atoms with van der Waals surface area (Å²) in [5.41, 5.74) is 0. The first-order valence-corrected chi connectivity index (χ1v) is 10.4. The zero-order chi connectivity index (χ0) is 17.7. The predicted octanol–water partition coefficient (Wildman–Crippen LogP) is 2.52. The van der Waals surface area contributed by atoms with E-state index in [1.165, 1.54) is 0 Å². The van der Waals surface area contributed by atoms with Crippen molar-refractivity contribution in [2.24, 2.45) is 11.8 Å². The van der Waals surface area contributed by atoms with Gasteiger partial charge in [-0.05, 0) is 64.2 Å². The molecule has 0 N–H and O–H groups in total. The van der Waals surface area contributed by atoms with Crippen LogP contribution in [0.3, 0.4) is 0 Å². The van der Waals surface area contributed by atoms with E-state index in [1.54, 1.807) is 0 Å². The first kappa shape index (κ1) is 17.0. The predicted molar refractivity (Wildman–Crippen MR) is 90.2 cm³/mol. The van der Waals surface area contributed by atoms with Crippen molar-refractivity contribution >= 4 is 11.9 Å². The Kier molecular flexibility index (Phi) is 4.44. The van der Waals surface area contributed by atoms with Gasteiger partial charge in [-0.15, -0.1) is 0 Å². The van der Waals surface area contributed by atoms with Gasteiger partial charge in [0.2, 0.25) is 0 Å². The second kappa shape index (κ2) is 6.79. The van der Waals surface area contributed by atoms with E-state index in [0.29, 0.717) is 12.2 Å². The lowest BCUT2D eigenvalue weighted by Crippen LogP contribution is -2.41. The molecule has 2 saturated heterocycles. The van der Waals surface area contributed by atoms with Crippen LogP contribution in [0.2, 0.25) is 0 Å². The summed E-state index contributed by atoms with van der Waals surface area (Å²) in [6.07, 6.45) is 9.52. The molecule has 0 amide bonds. The number of carbonyl (C=O) groups is 2. The molecule has 5 rings (SSSR count). The minimum atomic E-state index is -0.286. The van der Waals surface area contributed by atoms with Crippen LogP contribution in [0.4, 0.5) is 0 Å². The van der Waals surface area contributed by atoms with Crippen molar-refractivity contribution in [3.63, 3.8) is 0 Å². The Morgan fingerprint density at radius 2 is 1.08 bits per heavy atom. The quantitative estimate of drug-likeness (QED) is 0.563. The lowest BCUT2D eigenvalue weighted by molar-refractivity contribution is -0.177. The molecule has 0 aromatic heterocycles. The molecule has 2 aliphatic heterocycles. The summed E-state index contributed by atoms with van der Waals surface area (Å²) in [4.78, 5) is 25.2. The molecule has 0 radical (unpaired) electrons. The summed E-state index contributed by atoms with van der Waals surface area (Å²) in [6.45, 7) is 0. The van der Waals surface area contributed by atoms with Crippen molar-refractivity contribution < 1.29 is 28.5 Å². The molecule has 3 aliphatic carbocycles. The molecule has 3 saturated carbocycles. The molecule has 0 bridgehead atoms. The number of rotatable bonds is 4. The zero-order valence-corrected chi connectivity index (χ0v) is 15.1. The fourth-order valence-electron chi connectivity index (χ4n) is 5.06. The van der Waals surface area contributed by atoms with E-state index >= 15 is 0 Å². The summed E-state index contributed by atoms with van der Waals surface area (Å²) >= 11 is 0. The van der Waals surface area contributed by atoms with Gasteiger partial charge in [-0.2, -0.15) is 0 Å². The van der Waals surface area contributed by atoms with Crippen molar-refractivity contribution in [3.05, 3.63) is 0 Å². The minimum Gasteiger partial charge on any atom is -0.458 e. The van der Waals surface area contributed by atoms with Crippen LogP contribution < -0.4 is 0 Å². The van der Waals surface area contributed by atoms with Crippen LogP contribution in [-0.4, -0.2) is 48.6 Å². The van der Waals surface area contributed by atoms with Gasteiger partial charge in [0, 0.05) is 0 Å². The molecule has 5 aliphatic rings. The number of ether oxygens (including phenoxy) is 4. The molecule has 8 atom stereocenters. The highest BCUT2D eigenvalue weighted by Gasteiger charge is 2.48. The summed E-state index contributed by atoms with van der Waals surface area (Å²) < 4.78 is 22.7. The Balaban J connectivity index is 1.15. The van der Waals surface area contributed by atoms with Crippen LogP contribution in [0, 0.1) is 11.8 Å². The molecular formula is C20H28O6. The smallest absolute Gasteiger partial charge is 0.309 e. The molecule has 8 unspecified atom stereocenters. The summed E-state index contributed by atoms with van der Waals surface area (Å²) in [6, 6.07) is 0. The summed E-state index contributed by atoms with van der Waals surface area (Å²) in [5.74, 6) is -0.365. The molecule has 6 heteroatoms. The highest BCUT2D eigenvalue weighted by molar-refractivity contribution is 5.74. The SMILES string of the molecule is O=C(OC1CCCCC1OC(=O)C1CCC2OC2C1)C1CCC2OC2C1. The molecule has 26 heavy (non-hydrogen) atoms. The van der Waals surface area contributed by atoms with Crippen LogP contribution >= 0.6 is 0 Å². The largest absolute Gasteiger partial charge is 0.458 e. The molecule has 0 aromatic carbocycles. The van der Waals surface area contributed by atoms with Crippen molar-refractivity contribution in [2.75, 3.05) is 0 Å². The van der Waals surface area contributed by atoms with Crippen LogP contribution in [0.1, 0.15) is 64.2 Å². The van der Waals surface area contributed by atoms with E-state index in [1.807, 2.05) is 0 Å². The van der Waals surface area contributed by atoms with Crippen molar-refractivity contribution in [1.29, 1.82) is 0 Å². The van der Waals surface area contributed by atoms with Gasteiger partial charge in [0.1, 0.15) is 12.2 Å². The molecular weight excluding hydrogens is 336 g/mol. The standard InChI is InChI=1S/C20H28O6/c21-19(11-5-7-15-17(9-11)23-15)25-13-3-1-2-4-14(13)26-20(22)12-6-8-16-18(10-12)24-16/h11-18H,1-10H2. The van der Waals surface area contributed by atoms with Crippen LogP contribution in [0.25, 0.3) is 0 Å². The van der Waals surface area contributed by atoms with Crippen LogP contribution in [0.15, 0.2) is 0 Å². The van der Waals surface area contributed by atoms with Gasteiger partial charge >= 0.3 is 11.9 Å². The van der Waals surface area contributed by atoms with Gasteiger partial charge in [-0.1, -0.05) is 0 Å². The van der Waals surface area contributed by atoms with Crippen LogP contribution in [-0.2, 0) is 28.5 Å². The Bertz CT molecular complexity index is 527.